The molecule has 0 saturated heterocycles. The van der Waals surface area contributed by atoms with Crippen molar-refractivity contribution < 1.29 is 24.2 Å². The van der Waals surface area contributed by atoms with Crippen LogP contribution in [-0.4, -0.2) is 23.3 Å². The molecule has 0 fully saturated rings. The number of carbonyl (C=O) groups excluding carboxylic acids is 1. The van der Waals surface area contributed by atoms with E-state index in [9.17, 15) is 9.59 Å². The van der Waals surface area contributed by atoms with Gasteiger partial charge in [0.05, 0.1) is 6.61 Å². The van der Waals surface area contributed by atoms with Crippen molar-refractivity contribution in [3.05, 3.63) is 35.9 Å². The number of ether oxygens (including phenoxy) is 2. The third kappa shape index (κ3) is 17.8. The molecule has 182 valence electrons. The van der Waals surface area contributed by atoms with Gasteiger partial charge >= 0.3 is 11.9 Å². The monoisotopic (exact) mass is 448 g/mol. The quantitative estimate of drug-likeness (QED) is 0.120. The van der Waals surface area contributed by atoms with Gasteiger partial charge in [0.15, 0.2) is 0 Å². The standard InChI is InChI=1S/C27H44O5/c1-24(28)32-27(31-23-25-19-15-14-16-20-25)22-18-13-11-9-7-5-3-2-4-6-8-10-12-17-21-26(29)30/h14-16,19-20,27H,2-13,17-18,21-23H2,1H3,(H,29,30). The molecule has 32 heavy (non-hydrogen) atoms. The summed E-state index contributed by atoms with van der Waals surface area (Å²) in [4.78, 5) is 21.8. The normalized spacial score (nSPS) is 11.9. The van der Waals surface area contributed by atoms with Crippen molar-refractivity contribution in [1.82, 2.24) is 0 Å². The van der Waals surface area contributed by atoms with Crippen LogP contribution in [0.25, 0.3) is 0 Å². The van der Waals surface area contributed by atoms with Crippen LogP contribution in [0.15, 0.2) is 30.3 Å². The van der Waals surface area contributed by atoms with Gasteiger partial charge in [-0.15, -0.1) is 0 Å². The third-order valence-electron chi connectivity index (χ3n) is 5.66. The highest BCUT2D eigenvalue weighted by Gasteiger charge is 2.12. The van der Waals surface area contributed by atoms with Gasteiger partial charge in [0.1, 0.15) is 0 Å². The molecule has 1 aromatic carbocycles. The van der Waals surface area contributed by atoms with E-state index in [1.165, 1.54) is 71.1 Å². The minimum atomic E-state index is -0.677. The first-order valence-electron chi connectivity index (χ1n) is 12.6. The molecule has 1 aromatic rings. The molecule has 0 bridgehead atoms. The van der Waals surface area contributed by atoms with Gasteiger partial charge in [0.25, 0.3) is 0 Å². The molecule has 0 aliphatic rings. The van der Waals surface area contributed by atoms with Crippen molar-refractivity contribution >= 4 is 11.9 Å². The highest BCUT2D eigenvalue weighted by Crippen LogP contribution is 2.16. The number of carboxylic acid groups (broad SMARTS) is 1. The second-order valence-corrected chi connectivity index (χ2v) is 8.72. The number of hydrogen-bond acceptors (Lipinski definition) is 4. The summed E-state index contributed by atoms with van der Waals surface area (Å²) in [6, 6.07) is 9.95. The second kappa shape index (κ2) is 19.8. The molecular weight excluding hydrogens is 404 g/mol. The molecule has 1 rings (SSSR count). The van der Waals surface area contributed by atoms with E-state index < -0.39 is 12.3 Å². The third-order valence-corrected chi connectivity index (χ3v) is 5.66. The summed E-state index contributed by atoms with van der Waals surface area (Å²) in [7, 11) is 0. The van der Waals surface area contributed by atoms with Gasteiger partial charge in [-0.3, -0.25) is 9.59 Å². The first-order chi connectivity index (χ1) is 15.6. The zero-order valence-corrected chi connectivity index (χ0v) is 20.1. The molecule has 0 aromatic heterocycles. The molecule has 0 amide bonds. The van der Waals surface area contributed by atoms with Crippen LogP contribution in [0.1, 0.15) is 115 Å². The minimum Gasteiger partial charge on any atom is -0.481 e. The molecule has 0 aliphatic heterocycles. The van der Waals surface area contributed by atoms with Crippen molar-refractivity contribution in [2.75, 3.05) is 0 Å². The van der Waals surface area contributed by atoms with E-state index in [2.05, 4.69) is 0 Å². The number of carbonyl (C=O) groups is 2. The molecule has 5 nitrogen and oxygen atoms in total. The summed E-state index contributed by atoms with van der Waals surface area (Å²) in [5.41, 5.74) is 1.08. The van der Waals surface area contributed by atoms with Crippen LogP contribution in [0.4, 0.5) is 0 Å². The Balaban J connectivity index is 1.91. The van der Waals surface area contributed by atoms with Gasteiger partial charge in [0.2, 0.25) is 6.29 Å². The Morgan fingerprint density at radius 1 is 0.750 bits per heavy atom. The second-order valence-electron chi connectivity index (χ2n) is 8.72. The fourth-order valence-corrected chi connectivity index (χ4v) is 3.83. The highest BCUT2D eigenvalue weighted by molar-refractivity contribution is 5.66. The van der Waals surface area contributed by atoms with E-state index >= 15 is 0 Å². The molecular formula is C27H44O5. The van der Waals surface area contributed by atoms with Crippen LogP contribution in [0.3, 0.4) is 0 Å². The van der Waals surface area contributed by atoms with Crippen LogP contribution in [0.2, 0.25) is 0 Å². The van der Waals surface area contributed by atoms with Crippen LogP contribution < -0.4 is 0 Å². The minimum absolute atomic E-state index is 0.291. The van der Waals surface area contributed by atoms with Gasteiger partial charge in [-0.25, -0.2) is 0 Å². The lowest BCUT2D eigenvalue weighted by molar-refractivity contribution is -0.180. The molecule has 0 radical (unpaired) electrons. The Bertz CT molecular complexity index is 587. The van der Waals surface area contributed by atoms with Crippen molar-refractivity contribution in [3.63, 3.8) is 0 Å². The fourth-order valence-electron chi connectivity index (χ4n) is 3.83. The van der Waals surface area contributed by atoms with E-state index in [1.807, 2.05) is 30.3 Å². The summed E-state index contributed by atoms with van der Waals surface area (Å²) in [5.74, 6) is -0.967. The van der Waals surface area contributed by atoms with Gasteiger partial charge in [-0.2, -0.15) is 0 Å². The lowest BCUT2D eigenvalue weighted by Crippen LogP contribution is -2.20. The maximum atomic E-state index is 11.3. The summed E-state index contributed by atoms with van der Waals surface area (Å²) in [6.45, 7) is 1.89. The van der Waals surface area contributed by atoms with E-state index in [4.69, 9.17) is 14.6 Å². The van der Waals surface area contributed by atoms with Crippen LogP contribution in [-0.2, 0) is 25.7 Å². The lowest BCUT2D eigenvalue weighted by Gasteiger charge is -2.17. The summed E-state index contributed by atoms with van der Waals surface area (Å²) in [5, 5.41) is 8.60. The number of rotatable bonds is 21. The van der Waals surface area contributed by atoms with Crippen molar-refractivity contribution in [2.45, 2.75) is 123 Å². The number of unbranched alkanes of at least 4 members (excludes halogenated alkanes) is 13. The van der Waals surface area contributed by atoms with Crippen molar-refractivity contribution in [1.29, 1.82) is 0 Å². The Kier molecular flexibility index (Phi) is 17.4. The SMILES string of the molecule is CC(=O)OC(CCCCCCCCCCCCCCCCC(=O)O)OCc1ccccc1. The fraction of sp³-hybridized carbons (Fsp3) is 0.704. The zero-order valence-electron chi connectivity index (χ0n) is 20.1. The first kappa shape index (κ1) is 28.2. The largest absolute Gasteiger partial charge is 0.481 e. The molecule has 0 saturated carbocycles. The van der Waals surface area contributed by atoms with Gasteiger partial charge in [-0.05, 0) is 18.4 Å². The number of hydrogen-bond donors (Lipinski definition) is 1. The molecule has 5 heteroatoms. The van der Waals surface area contributed by atoms with Gasteiger partial charge < -0.3 is 14.6 Å². The Hall–Kier alpha value is -1.88. The van der Waals surface area contributed by atoms with Crippen LogP contribution >= 0.6 is 0 Å². The topological polar surface area (TPSA) is 72.8 Å². The van der Waals surface area contributed by atoms with E-state index in [-0.39, 0.29) is 5.97 Å². The molecule has 1 unspecified atom stereocenters. The number of aliphatic carboxylic acids is 1. The molecule has 1 atom stereocenters. The summed E-state index contributed by atoms with van der Waals surface area (Å²) >= 11 is 0. The maximum Gasteiger partial charge on any atom is 0.304 e. The predicted octanol–water partition coefficient (Wildman–Crippen LogP) is 7.42. The lowest BCUT2D eigenvalue weighted by atomic mass is 10.0. The molecule has 0 spiro atoms. The average molecular weight is 449 g/mol. The van der Waals surface area contributed by atoms with E-state index in [0.29, 0.717) is 13.0 Å². The average Bonchev–Trinajstić information content (AvgIpc) is 2.77. The zero-order chi connectivity index (χ0) is 23.3. The number of benzene rings is 1. The van der Waals surface area contributed by atoms with Crippen LogP contribution in [0, 0.1) is 0 Å². The predicted molar refractivity (Wildman–Crippen MR) is 128 cm³/mol. The Morgan fingerprint density at radius 3 is 1.69 bits per heavy atom. The van der Waals surface area contributed by atoms with E-state index in [0.717, 1.165) is 37.7 Å². The maximum absolute atomic E-state index is 11.3. The Labute approximate surface area is 194 Å². The van der Waals surface area contributed by atoms with E-state index in [1.54, 1.807) is 0 Å². The Morgan fingerprint density at radius 2 is 1.22 bits per heavy atom. The molecule has 1 N–H and O–H groups in total. The summed E-state index contributed by atoms with van der Waals surface area (Å²) in [6.07, 6.45) is 17.4. The molecule has 0 aliphatic carbocycles. The molecule has 0 heterocycles. The smallest absolute Gasteiger partial charge is 0.304 e. The number of carboxylic acids is 1. The summed E-state index contributed by atoms with van der Waals surface area (Å²) < 4.78 is 11.1. The van der Waals surface area contributed by atoms with Gasteiger partial charge in [0, 0.05) is 19.8 Å². The van der Waals surface area contributed by atoms with Crippen molar-refractivity contribution in [2.24, 2.45) is 0 Å². The van der Waals surface area contributed by atoms with Gasteiger partial charge in [-0.1, -0.05) is 107 Å². The van der Waals surface area contributed by atoms with Crippen molar-refractivity contribution in [3.8, 4) is 0 Å². The van der Waals surface area contributed by atoms with Crippen LogP contribution in [0.5, 0.6) is 0 Å². The number of esters is 1. The first-order valence-corrected chi connectivity index (χ1v) is 12.6. The highest BCUT2D eigenvalue weighted by atomic mass is 16.7.